The van der Waals surface area contributed by atoms with Crippen molar-refractivity contribution in [2.24, 2.45) is 0 Å². The van der Waals surface area contributed by atoms with Crippen LogP contribution in [0.5, 0.6) is 0 Å². The van der Waals surface area contributed by atoms with Crippen molar-refractivity contribution in [3.05, 3.63) is 72.1 Å². The van der Waals surface area contributed by atoms with Crippen LogP contribution >= 0.6 is 0 Å². The van der Waals surface area contributed by atoms with Crippen molar-refractivity contribution < 1.29 is 19.1 Å². The van der Waals surface area contributed by atoms with E-state index in [4.69, 9.17) is 4.42 Å². The fourth-order valence-electron chi connectivity index (χ4n) is 2.32. The average Bonchev–Trinajstić information content (AvgIpc) is 3.17. The molecule has 1 aromatic carbocycles. The van der Waals surface area contributed by atoms with E-state index < -0.39 is 5.97 Å². The summed E-state index contributed by atoms with van der Waals surface area (Å²) >= 11 is 0. The number of carbonyl (C=O) groups is 2. The summed E-state index contributed by atoms with van der Waals surface area (Å²) in [7, 11) is 0. The van der Waals surface area contributed by atoms with Gasteiger partial charge in [-0.1, -0.05) is 30.3 Å². The Balaban J connectivity index is 2.00. The molecule has 0 bridgehead atoms. The first-order valence-electron chi connectivity index (χ1n) is 6.72. The molecule has 0 amide bonds. The first kappa shape index (κ1) is 13.9. The Morgan fingerprint density at radius 1 is 1.00 bits per heavy atom. The van der Waals surface area contributed by atoms with Gasteiger partial charge >= 0.3 is 5.97 Å². The maximum absolute atomic E-state index is 12.4. The minimum atomic E-state index is -1.08. The third-order valence-electron chi connectivity index (χ3n) is 3.37. The van der Waals surface area contributed by atoms with Crippen LogP contribution in [0.3, 0.4) is 0 Å². The number of ketones is 1. The molecule has 5 nitrogen and oxygen atoms in total. The summed E-state index contributed by atoms with van der Waals surface area (Å²) < 4.78 is 6.77. The van der Waals surface area contributed by atoms with Crippen molar-refractivity contribution in [2.45, 2.75) is 6.54 Å². The molecule has 0 spiro atoms. The topological polar surface area (TPSA) is 72.4 Å². The molecule has 0 aliphatic rings. The number of hydrogen-bond acceptors (Lipinski definition) is 3. The molecule has 0 fully saturated rings. The standard InChI is InChI=1S/C17H13NO4/c19-15(12-5-2-1-3-6-12)11-18-13(16-7-4-10-22-16)8-9-14(18)17(20)21/h1-10H,11H2,(H,20,21). The molecule has 3 aromatic rings. The Kier molecular flexibility index (Phi) is 3.62. The number of carboxylic acids is 1. The van der Waals surface area contributed by atoms with E-state index in [1.807, 2.05) is 6.07 Å². The Labute approximate surface area is 126 Å². The minimum Gasteiger partial charge on any atom is -0.477 e. The van der Waals surface area contributed by atoms with Gasteiger partial charge < -0.3 is 14.1 Å². The van der Waals surface area contributed by atoms with Gasteiger partial charge in [-0.25, -0.2) is 4.79 Å². The van der Waals surface area contributed by atoms with Gasteiger partial charge in [0, 0.05) is 5.56 Å². The van der Waals surface area contributed by atoms with Crippen molar-refractivity contribution in [1.82, 2.24) is 4.57 Å². The zero-order valence-electron chi connectivity index (χ0n) is 11.6. The normalized spacial score (nSPS) is 10.5. The lowest BCUT2D eigenvalue weighted by atomic mass is 10.1. The monoisotopic (exact) mass is 295 g/mol. The number of nitrogens with zero attached hydrogens (tertiary/aromatic N) is 1. The van der Waals surface area contributed by atoms with Crippen LogP contribution in [0, 0.1) is 0 Å². The molecule has 0 atom stereocenters. The van der Waals surface area contributed by atoms with Crippen molar-refractivity contribution in [3.63, 3.8) is 0 Å². The average molecular weight is 295 g/mol. The molecular formula is C17H13NO4. The van der Waals surface area contributed by atoms with E-state index in [1.165, 1.54) is 16.9 Å². The first-order chi connectivity index (χ1) is 10.7. The molecule has 0 aliphatic carbocycles. The van der Waals surface area contributed by atoms with Crippen LogP contribution in [-0.4, -0.2) is 21.4 Å². The number of furan rings is 1. The number of aromatic carboxylic acids is 1. The highest BCUT2D eigenvalue weighted by Gasteiger charge is 2.19. The van der Waals surface area contributed by atoms with E-state index in [1.54, 1.807) is 42.5 Å². The lowest BCUT2D eigenvalue weighted by Crippen LogP contribution is -2.16. The predicted molar refractivity (Wildman–Crippen MR) is 79.9 cm³/mol. The fraction of sp³-hybridized carbons (Fsp3) is 0.0588. The van der Waals surface area contributed by atoms with Crippen molar-refractivity contribution in [1.29, 1.82) is 0 Å². The highest BCUT2D eigenvalue weighted by molar-refractivity contribution is 5.97. The summed E-state index contributed by atoms with van der Waals surface area (Å²) in [5.41, 5.74) is 1.15. The van der Waals surface area contributed by atoms with Gasteiger partial charge in [0.15, 0.2) is 5.78 Å². The Morgan fingerprint density at radius 3 is 2.41 bits per heavy atom. The highest BCUT2D eigenvalue weighted by Crippen LogP contribution is 2.24. The van der Waals surface area contributed by atoms with Gasteiger partial charge in [0.1, 0.15) is 11.5 Å². The van der Waals surface area contributed by atoms with E-state index in [0.29, 0.717) is 17.0 Å². The van der Waals surface area contributed by atoms with Crippen molar-refractivity contribution in [3.8, 4) is 11.5 Å². The quantitative estimate of drug-likeness (QED) is 0.733. The summed E-state index contributed by atoms with van der Waals surface area (Å²) in [5, 5.41) is 9.30. The number of Topliss-reactive ketones (excluding diaryl/α,β-unsaturated/α-hetero) is 1. The van der Waals surface area contributed by atoms with E-state index in [9.17, 15) is 14.7 Å². The molecule has 0 unspecified atom stereocenters. The largest absolute Gasteiger partial charge is 0.477 e. The summed E-state index contributed by atoms with van der Waals surface area (Å²) in [6.07, 6.45) is 1.51. The zero-order valence-corrected chi connectivity index (χ0v) is 11.6. The number of benzene rings is 1. The van der Waals surface area contributed by atoms with E-state index in [-0.39, 0.29) is 18.0 Å². The molecule has 0 aliphatic heterocycles. The summed E-state index contributed by atoms with van der Waals surface area (Å²) in [6.45, 7) is -0.0608. The second kappa shape index (κ2) is 5.73. The van der Waals surface area contributed by atoms with Gasteiger partial charge in [-0.15, -0.1) is 0 Å². The number of carbonyl (C=O) groups excluding carboxylic acids is 1. The first-order valence-corrected chi connectivity index (χ1v) is 6.72. The maximum atomic E-state index is 12.4. The molecule has 2 heterocycles. The Hall–Kier alpha value is -3.08. The van der Waals surface area contributed by atoms with Crippen LogP contribution in [0.4, 0.5) is 0 Å². The molecule has 0 radical (unpaired) electrons. The number of aromatic nitrogens is 1. The van der Waals surface area contributed by atoms with E-state index >= 15 is 0 Å². The van der Waals surface area contributed by atoms with Gasteiger partial charge in [-0.2, -0.15) is 0 Å². The summed E-state index contributed by atoms with van der Waals surface area (Å²) in [6, 6.07) is 15.3. The molecule has 1 N–H and O–H groups in total. The number of rotatable bonds is 5. The Bertz CT molecular complexity index is 801. The van der Waals surface area contributed by atoms with Crippen molar-refractivity contribution >= 4 is 11.8 Å². The SMILES string of the molecule is O=C(Cn1c(C(=O)O)ccc1-c1ccco1)c1ccccc1. The number of hydrogen-bond donors (Lipinski definition) is 1. The third-order valence-corrected chi connectivity index (χ3v) is 3.37. The maximum Gasteiger partial charge on any atom is 0.352 e. The molecule has 5 heteroatoms. The van der Waals surface area contributed by atoms with Crippen LogP contribution in [0.25, 0.3) is 11.5 Å². The Morgan fingerprint density at radius 2 is 1.77 bits per heavy atom. The van der Waals surface area contributed by atoms with Gasteiger partial charge in [-0.3, -0.25) is 4.79 Å². The number of carboxylic acid groups (broad SMARTS) is 1. The van der Waals surface area contributed by atoms with Crippen LogP contribution < -0.4 is 0 Å². The predicted octanol–water partition coefficient (Wildman–Crippen LogP) is 3.33. The second-order valence-electron chi connectivity index (χ2n) is 4.76. The lowest BCUT2D eigenvalue weighted by molar-refractivity contribution is 0.0685. The van der Waals surface area contributed by atoms with Gasteiger partial charge in [0.05, 0.1) is 18.5 Å². The zero-order chi connectivity index (χ0) is 15.5. The molecule has 0 saturated carbocycles. The second-order valence-corrected chi connectivity index (χ2v) is 4.76. The molecule has 3 rings (SSSR count). The highest BCUT2D eigenvalue weighted by atomic mass is 16.4. The minimum absolute atomic E-state index is 0.0516. The third kappa shape index (κ3) is 2.56. The fourth-order valence-corrected chi connectivity index (χ4v) is 2.32. The summed E-state index contributed by atoms with van der Waals surface area (Å²) in [5.74, 6) is -0.723. The van der Waals surface area contributed by atoms with Crippen molar-refractivity contribution in [2.75, 3.05) is 0 Å². The molecular weight excluding hydrogens is 282 g/mol. The van der Waals surface area contributed by atoms with Crippen LogP contribution in [0.2, 0.25) is 0 Å². The van der Waals surface area contributed by atoms with E-state index in [0.717, 1.165) is 0 Å². The summed E-state index contributed by atoms with van der Waals surface area (Å²) in [4.78, 5) is 23.7. The molecule has 22 heavy (non-hydrogen) atoms. The molecule has 110 valence electrons. The van der Waals surface area contributed by atoms with E-state index in [2.05, 4.69) is 0 Å². The van der Waals surface area contributed by atoms with Crippen LogP contribution in [0.15, 0.2) is 65.3 Å². The lowest BCUT2D eigenvalue weighted by Gasteiger charge is -2.09. The van der Waals surface area contributed by atoms with Crippen LogP contribution in [0.1, 0.15) is 20.8 Å². The van der Waals surface area contributed by atoms with Gasteiger partial charge in [-0.05, 0) is 24.3 Å². The smallest absolute Gasteiger partial charge is 0.352 e. The van der Waals surface area contributed by atoms with Crippen LogP contribution in [-0.2, 0) is 6.54 Å². The van der Waals surface area contributed by atoms with Gasteiger partial charge in [0.25, 0.3) is 0 Å². The molecule has 2 aromatic heterocycles. The van der Waals surface area contributed by atoms with Gasteiger partial charge in [0.2, 0.25) is 0 Å². The molecule has 0 saturated heterocycles.